The van der Waals surface area contributed by atoms with Crippen molar-refractivity contribution in [2.45, 2.75) is 19.4 Å². The van der Waals surface area contributed by atoms with Gasteiger partial charge in [0.2, 0.25) is 0 Å². The van der Waals surface area contributed by atoms with E-state index in [1.807, 2.05) is 6.92 Å². The summed E-state index contributed by atoms with van der Waals surface area (Å²) >= 11 is 10.4. The lowest BCUT2D eigenvalue weighted by molar-refractivity contribution is -0.149. The molecule has 2 unspecified atom stereocenters. The van der Waals surface area contributed by atoms with Crippen LogP contribution in [0.5, 0.6) is 0 Å². The lowest BCUT2D eigenvalue weighted by Crippen LogP contribution is -2.22. The molecule has 0 aliphatic carbocycles. The van der Waals surface area contributed by atoms with E-state index < -0.39 is 18.0 Å². The maximum Gasteiger partial charge on any atom is 0.311 e. The number of rotatable bonds is 4. The van der Waals surface area contributed by atoms with Gasteiger partial charge in [-0.05, 0) is 28.4 Å². The molecule has 0 saturated heterocycles. The van der Waals surface area contributed by atoms with Crippen molar-refractivity contribution in [1.29, 1.82) is 0 Å². The van der Waals surface area contributed by atoms with Crippen LogP contribution < -0.4 is 0 Å². The standard InChI is InChI=1S/C10H12BrClO3S/c1-3-5(10(14)15-2)8(13)7-4-6(11)9(12)16-7/h4-5,8,13H,3H2,1-2H3. The monoisotopic (exact) mass is 326 g/mol. The van der Waals surface area contributed by atoms with Gasteiger partial charge in [-0.1, -0.05) is 18.5 Å². The number of aliphatic hydroxyl groups excluding tert-OH is 1. The fourth-order valence-electron chi connectivity index (χ4n) is 1.38. The van der Waals surface area contributed by atoms with E-state index in [0.29, 0.717) is 15.6 Å². The molecule has 6 heteroatoms. The van der Waals surface area contributed by atoms with Crippen LogP contribution >= 0.6 is 38.9 Å². The van der Waals surface area contributed by atoms with Crippen molar-refractivity contribution in [2.75, 3.05) is 7.11 Å². The zero-order chi connectivity index (χ0) is 12.3. The van der Waals surface area contributed by atoms with Crippen LogP contribution in [-0.4, -0.2) is 18.2 Å². The highest BCUT2D eigenvalue weighted by Crippen LogP contribution is 2.38. The summed E-state index contributed by atoms with van der Waals surface area (Å²) in [5.74, 6) is -0.956. The van der Waals surface area contributed by atoms with Gasteiger partial charge in [-0.15, -0.1) is 11.3 Å². The third-order valence-electron chi connectivity index (χ3n) is 2.28. The molecule has 90 valence electrons. The molecule has 0 aliphatic rings. The quantitative estimate of drug-likeness (QED) is 0.862. The Hall–Kier alpha value is -0.100. The van der Waals surface area contributed by atoms with E-state index >= 15 is 0 Å². The number of carbonyl (C=O) groups is 1. The Labute approximate surface area is 112 Å². The first-order chi connectivity index (χ1) is 7.51. The van der Waals surface area contributed by atoms with Crippen LogP contribution in [0, 0.1) is 5.92 Å². The molecular weight excluding hydrogens is 316 g/mol. The number of aliphatic hydroxyl groups is 1. The normalized spacial score (nSPS) is 14.6. The van der Waals surface area contributed by atoms with E-state index in [1.165, 1.54) is 18.4 Å². The van der Waals surface area contributed by atoms with Crippen molar-refractivity contribution in [3.8, 4) is 0 Å². The molecule has 0 saturated carbocycles. The predicted molar refractivity (Wildman–Crippen MR) is 67.8 cm³/mol. The Bertz CT molecular complexity index is 361. The van der Waals surface area contributed by atoms with Crippen molar-refractivity contribution in [1.82, 2.24) is 0 Å². The number of ether oxygens (including phenoxy) is 1. The first kappa shape index (κ1) is 14.0. The van der Waals surface area contributed by atoms with Gasteiger partial charge in [0.1, 0.15) is 10.4 Å². The molecule has 0 radical (unpaired) electrons. The molecule has 1 rings (SSSR count). The number of hydrogen-bond donors (Lipinski definition) is 1. The van der Waals surface area contributed by atoms with E-state index in [0.717, 1.165) is 4.47 Å². The van der Waals surface area contributed by atoms with Crippen LogP contribution in [0.1, 0.15) is 24.3 Å². The van der Waals surface area contributed by atoms with Crippen LogP contribution in [0.25, 0.3) is 0 Å². The zero-order valence-corrected chi connectivity index (χ0v) is 12.0. The first-order valence-corrected chi connectivity index (χ1v) is 6.70. The molecule has 0 bridgehead atoms. The summed E-state index contributed by atoms with van der Waals surface area (Å²) in [4.78, 5) is 12.1. The fourth-order valence-corrected chi connectivity index (χ4v) is 3.17. The predicted octanol–water partition coefficient (Wildman–Crippen LogP) is 3.40. The van der Waals surface area contributed by atoms with Gasteiger partial charge in [-0.25, -0.2) is 0 Å². The van der Waals surface area contributed by atoms with E-state index in [1.54, 1.807) is 6.07 Å². The minimum atomic E-state index is -0.869. The van der Waals surface area contributed by atoms with E-state index in [2.05, 4.69) is 20.7 Å². The maximum absolute atomic E-state index is 11.4. The second kappa shape index (κ2) is 6.00. The molecule has 0 fully saturated rings. The van der Waals surface area contributed by atoms with Gasteiger partial charge in [0, 0.05) is 9.35 Å². The van der Waals surface area contributed by atoms with E-state index in [-0.39, 0.29) is 0 Å². The largest absolute Gasteiger partial charge is 0.469 e. The number of methoxy groups -OCH3 is 1. The van der Waals surface area contributed by atoms with E-state index in [9.17, 15) is 9.90 Å². The van der Waals surface area contributed by atoms with Crippen molar-refractivity contribution in [2.24, 2.45) is 5.92 Å². The minimum Gasteiger partial charge on any atom is -0.469 e. The molecule has 1 aromatic heterocycles. The summed E-state index contributed by atoms with van der Waals surface area (Å²) < 4.78 is 5.94. The second-order valence-electron chi connectivity index (χ2n) is 3.25. The third-order valence-corrected chi connectivity index (χ3v) is 4.83. The Morgan fingerprint density at radius 1 is 1.75 bits per heavy atom. The Balaban J connectivity index is 2.90. The summed E-state index contributed by atoms with van der Waals surface area (Å²) in [6.45, 7) is 1.83. The van der Waals surface area contributed by atoms with Crippen molar-refractivity contribution in [3.63, 3.8) is 0 Å². The molecule has 1 aromatic rings. The van der Waals surface area contributed by atoms with Gasteiger partial charge in [-0.3, -0.25) is 4.79 Å². The highest BCUT2D eigenvalue weighted by molar-refractivity contribution is 9.10. The van der Waals surface area contributed by atoms with Crippen molar-refractivity contribution >= 4 is 44.8 Å². The summed E-state index contributed by atoms with van der Waals surface area (Å²) in [6, 6.07) is 1.73. The van der Waals surface area contributed by atoms with Crippen molar-refractivity contribution in [3.05, 3.63) is 19.8 Å². The zero-order valence-electron chi connectivity index (χ0n) is 8.87. The number of hydrogen-bond acceptors (Lipinski definition) is 4. The van der Waals surface area contributed by atoms with Crippen LogP contribution in [0.4, 0.5) is 0 Å². The third kappa shape index (κ3) is 2.97. The van der Waals surface area contributed by atoms with Crippen LogP contribution in [0.2, 0.25) is 4.34 Å². The summed E-state index contributed by atoms with van der Waals surface area (Å²) in [5, 5.41) is 10.0. The lowest BCUT2D eigenvalue weighted by Gasteiger charge is -2.17. The molecule has 0 amide bonds. The average molecular weight is 328 g/mol. The molecule has 1 heterocycles. The van der Waals surface area contributed by atoms with E-state index in [4.69, 9.17) is 11.6 Å². The number of halogens is 2. The minimum absolute atomic E-state index is 0.407. The molecular formula is C10H12BrClO3S. The molecule has 0 spiro atoms. The number of esters is 1. The van der Waals surface area contributed by atoms with Crippen molar-refractivity contribution < 1.29 is 14.6 Å². The molecule has 3 nitrogen and oxygen atoms in total. The Kier molecular flexibility index (Phi) is 5.24. The van der Waals surface area contributed by atoms with Crippen LogP contribution in [0.15, 0.2) is 10.5 Å². The smallest absolute Gasteiger partial charge is 0.311 e. The molecule has 2 atom stereocenters. The second-order valence-corrected chi connectivity index (χ2v) is 5.79. The van der Waals surface area contributed by atoms with Gasteiger partial charge in [0.05, 0.1) is 13.0 Å². The average Bonchev–Trinajstić information content (AvgIpc) is 2.59. The van der Waals surface area contributed by atoms with Gasteiger partial charge < -0.3 is 9.84 Å². The van der Waals surface area contributed by atoms with Crippen LogP contribution in [-0.2, 0) is 9.53 Å². The fraction of sp³-hybridized carbons (Fsp3) is 0.500. The molecule has 0 aliphatic heterocycles. The lowest BCUT2D eigenvalue weighted by atomic mass is 9.98. The summed E-state index contributed by atoms with van der Waals surface area (Å²) in [6.07, 6.45) is -0.354. The highest BCUT2D eigenvalue weighted by Gasteiger charge is 2.28. The molecule has 16 heavy (non-hydrogen) atoms. The Morgan fingerprint density at radius 3 is 2.75 bits per heavy atom. The Morgan fingerprint density at radius 2 is 2.38 bits per heavy atom. The first-order valence-electron chi connectivity index (χ1n) is 4.71. The highest BCUT2D eigenvalue weighted by atomic mass is 79.9. The number of carbonyl (C=O) groups excluding carboxylic acids is 1. The summed E-state index contributed by atoms with van der Waals surface area (Å²) in [7, 11) is 1.31. The van der Waals surface area contributed by atoms with Gasteiger partial charge in [0.25, 0.3) is 0 Å². The van der Waals surface area contributed by atoms with Gasteiger partial charge in [-0.2, -0.15) is 0 Å². The molecule has 1 N–H and O–H groups in total. The maximum atomic E-state index is 11.4. The SMILES string of the molecule is CCC(C(=O)OC)C(O)c1cc(Br)c(Cl)s1. The van der Waals surface area contributed by atoms with Gasteiger partial charge in [0.15, 0.2) is 0 Å². The van der Waals surface area contributed by atoms with Crippen LogP contribution in [0.3, 0.4) is 0 Å². The number of thiophene rings is 1. The van der Waals surface area contributed by atoms with Gasteiger partial charge >= 0.3 is 5.97 Å². The summed E-state index contributed by atoms with van der Waals surface area (Å²) in [5.41, 5.74) is 0. The topological polar surface area (TPSA) is 46.5 Å². The molecule has 0 aromatic carbocycles.